The Bertz CT molecular complexity index is 721. The summed E-state index contributed by atoms with van der Waals surface area (Å²) in [5, 5.41) is -3.90. The van der Waals surface area contributed by atoms with Crippen molar-refractivity contribution in [3.63, 3.8) is 0 Å². The maximum atomic E-state index is 13.3. The van der Waals surface area contributed by atoms with Gasteiger partial charge in [-0.05, 0) is 18.4 Å². The van der Waals surface area contributed by atoms with E-state index in [0.717, 1.165) is 23.5 Å². The van der Waals surface area contributed by atoms with Crippen LogP contribution in [-0.4, -0.2) is 6.26 Å². The van der Waals surface area contributed by atoms with Gasteiger partial charge in [0.05, 0.1) is 16.4 Å². The molecule has 0 heterocycles. The van der Waals surface area contributed by atoms with Gasteiger partial charge in [-0.1, -0.05) is 48.2 Å². The SMILES string of the molecule is CSP(=S)(c1ccccc1C(F)(F)F)c1ccccc1C(F)(F)F. The van der Waals surface area contributed by atoms with Crippen molar-refractivity contribution >= 4 is 39.0 Å². The summed E-state index contributed by atoms with van der Waals surface area (Å²) < 4.78 is 79.8. The van der Waals surface area contributed by atoms with Crippen molar-refractivity contribution in [3.05, 3.63) is 59.7 Å². The number of benzene rings is 2. The number of rotatable bonds is 3. The van der Waals surface area contributed by atoms with Crippen LogP contribution in [0.4, 0.5) is 26.3 Å². The summed E-state index contributed by atoms with van der Waals surface area (Å²) in [4.78, 5) is 0. The van der Waals surface area contributed by atoms with E-state index in [-0.39, 0.29) is 10.6 Å². The van der Waals surface area contributed by atoms with Crippen molar-refractivity contribution in [2.24, 2.45) is 0 Å². The maximum absolute atomic E-state index is 13.3. The molecule has 2 rings (SSSR count). The van der Waals surface area contributed by atoms with Crippen LogP contribution < -0.4 is 10.6 Å². The lowest BCUT2D eigenvalue weighted by molar-refractivity contribution is -0.137. The van der Waals surface area contributed by atoms with Crippen LogP contribution in [0.15, 0.2) is 48.5 Å². The molecule has 0 atom stereocenters. The highest BCUT2D eigenvalue weighted by atomic mass is 32.9. The van der Waals surface area contributed by atoms with Crippen molar-refractivity contribution in [1.29, 1.82) is 0 Å². The third-order valence-electron chi connectivity index (χ3n) is 3.31. The smallest absolute Gasteiger partial charge is 0.166 e. The number of halogens is 6. The molecular formula is C15H11F6PS2. The molecule has 2 aromatic carbocycles. The molecule has 0 unspecified atom stereocenters. The van der Waals surface area contributed by atoms with Crippen LogP contribution in [0.3, 0.4) is 0 Å². The Kier molecular flexibility index (Phi) is 5.43. The molecule has 0 N–H and O–H groups in total. The maximum Gasteiger partial charge on any atom is 0.417 e. The fourth-order valence-electron chi connectivity index (χ4n) is 2.27. The fourth-order valence-corrected chi connectivity index (χ4v) is 7.61. The zero-order valence-corrected chi connectivity index (χ0v) is 14.7. The average molecular weight is 400 g/mol. The van der Waals surface area contributed by atoms with E-state index in [4.69, 9.17) is 11.8 Å². The minimum absolute atomic E-state index is 0.267. The van der Waals surface area contributed by atoms with Crippen LogP contribution in [0.5, 0.6) is 0 Å². The van der Waals surface area contributed by atoms with Gasteiger partial charge in [-0.25, -0.2) is 0 Å². The van der Waals surface area contributed by atoms with E-state index in [2.05, 4.69) is 0 Å². The minimum Gasteiger partial charge on any atom is -0.166 e. The van der Waals surface area contributed by atoms with Crippen LogP contribution in [0.2, 0.25) is 0 Å². The molecule has 24 heavy (non-hydrogen) atoms. The standard InChI is InChI=1S/C15H11F6PS2/c1-24-22(23,12-8-4-2-6-10(12)14(16,17)18)13-9-5-3-7-11(13)15(19,20)21/h2-9H,1H3. The van der Waals surface area contributed by atoms with Gasteiger partial charge in [-0.3, -0.25) is 0 Å². The third kappa shape index (κ3) is 3.65. The van der Waals surface area contributed by atoms with E-state index in [0.29, 0.717) is 0 Å². The first-order valence-corrected chi connectivity index (χ1v) is 11.1. The van der Waals surface area contributed by atoms with Gasteiger partial charge >= 0.3 is 12.4 Å². The lowest BCUT2D eigenvalue weighted by Gasteiger charge is -2.27. The van der Waals surface area contributed by atoms with Crippen LogP contribution in [-0.2, 0) is 24.2 Å². The third-order valence-corrected chi connectivity index (χ3v) is 11.1. The Labute approximate surface area is 144 Å². The van der Waals surface area contributed by atoms with E-state index >= 15 is 0 Å². The molecule has 0 radical (unpaired) electrons. The van der Waals surface area contributed by atoms with Crippen LogP contribution in [0, 0.1) is 0 Å². The van der Waals surface area contributed by atoms with Crippen molar-refractivity contribution in [2.45, 2.75) is 12.4 Å². The molecule has 0 bridgehead atoms. The van der Waals surface area contributed by atoms with E-state index in [1.165, 1.54) is 42.7 Å². The molecule has 0 aromatic heterocycles. The van der Waals surface area contributed by atoms with E-state index in [1.54, 1.807) is 0 Å². The lowest BCUT2D eigenvalue weighted by Crippen LogP contribution is -2.27. The molecule has 0 amide bonds. The van der Waals surface area contributed by atoms with E-state index in [1.807, 2.05) is 0 Å². The second-order valence-electron chi connectivity index (χ2n) is 4.76. The molecule has 0 nitrogen and oxygen atoms in total. The summed E-state index contributed by atoms with van der Waals surface area (Å²) in [7, 11) is 0. The van der Waals surface area contributed by atoms with Gasteiger partial charge in [-0.2, -0.15) is 26.3 Å². The number of hydrogen-bond donors (Lipinski definition) is 0. The van der Waals surface area contributed by atoms with Gasteiger partial charge in [0, 0.05) is 10.6 Å². The first-order chi connectivity index (χ1) is 11.0. The molecule has 0 saturated carbocycles. The predicted molar refractivity (Wildman–Crippen MR) is 90.0 cm³/mol. The van der Waals surface area contributed by atoms with Gasteiger partial charge in [0.25, 0.3) is 0 Å². The normalized spacial score (nSPS) is 13.1. The Morgan fingerprint density at radius 3 is 1.38 bits per heavy atom. The van der Waals surface area contributed by atoms with Crippen molar-refractivity contribution in [2.75, 3.05) is 6.26 Å². The van der Waals surface area contributed by atoms with E-state index in [9.17, 15) is 26.3 Å². The van der Waals surface area contributed by atoms with Crippen LogP contribution in [0.1, 0.15) is 11.1 Å². The average Bonchev–Trinajstić information content (AvgIpc) is 2.52. The van der Waals surface area contributed by atoms with Crippen molar-refractivity contribution in [1.82, 2.24) is 0 Å². The lowest BCUT2D eigenvalue weighted by atomic mass is 10.2. The zero-order chi connectivity index (χ0) is 18.2. The Hall–Kier alpha value is -0.980. The second kappa shape index (κ2) is 6.73. The molecule has 9 heteroatoms. The summed E-state index contributed by atoms with van der Waals surface area (Å²) in [5.74, 6) is 0. The van der Waals surface area contributed by atoms with Gasteiger partial charge < -0.3 is 0 Å². The molecule has 130 valence electrons. The summed E-state index contributed by atoms with van der Waals surface area (Å²) in [6, 6.07) is 9.16. The monoisotopic (exact) mass is 400 g/mol. The van der Waals surface area contributed by atoms with Gasteiger partial charge in [0.1, 0.15) is 0 Å². The minimum atomic E-state index is -4.69. The molecule has 0 fully saturated rings. The summed E-state index contributed by atoms with van der Waals surface area (Å²) in [6.07, 6.45) is -7.94. The Balaban J connectivity index is 2.80. The topological polar surface area (TPSA) is 0 Å². The molecule has 0 aliphatic rings. The van der Waals surface area contributed by atoms with Gasteiger partial charge in [0.2, 0.25) is 0 Å². The fraction of sp³-hybridized carbons (Fsp3) is 0.200. The quantitative estimate of drug-likeness (QED) is 0.498. The van der Waals surface area contributed by atoms with Crippen molar-refractivity contribution < 1.29 is 26.3 Å². The molecule has 0 aliphatic heterocycles. The summed E-state index contributed by atoms with van der Waals surface area (Å²) in [5.41, 5.74) is -1.97. The predicted octanol–water partition coefficient (Wildman–Crippen LogP) is 5.43. The Morgan fingerprint density at radius 1 is 0.750 bits per heavy atom. The Morgan fingerprint density at radius 2 is 1.08 bits per heavy atom. The number of alkyl halides is 6. The number of hydrogen-bond acceptors (Lipinski definition) is 2. The molecule has 0 saturated heterocycles. The zero-order valence-electron chi connectivity index (χ0n) is 12.2. The highest BCUT2D eigenvalue weighted by Crippen LogP contribution is 2.58. The second-order valence-corrected chi connectivity index (χ2v) is 12.3. The largest absolute Gasteiger partial charge is 0.417 e. The van der Waals surface area contributed by atoms with Crippen molar-refractivity contribution in [3.8, 4) is 0 Å². The van der Waals surface area contributed by atoms with Gasteiger partial charge in [-0.15, -0.1) is 11.4 Å². The first-order valence-electron chi connectivity index (χ1n) is 6.51. The first kappa shape index (κ1) is 19.3. The summed E-state index contributed by atoms with van der Waals surface area (Å²) in [6.45, 7) is 0. The highest BCUT2D eigenvalue weighted by molar-refractivity contribution is 8.75. The molecule has 2 aromatic rings. The molecular weight excluding hydrogens is 389 g/mol. The van der Waals surface area contributed by atoms with E-state index < -0.39 is 28.7 Å². The molecule has 0 aliphatic carbocycles. The molecule has 0 spiro atoms. The summed E-state index contributed by atoms with van der Waals surface area (Å²) >= 11 is 6.29. The highest BCUT2D eigenvalue weighted by Gasteiger charge is 2.41. The van der Waals surface area contributed by atoms with Gasteiger partial charge in [0.15, 0.2) is 0 Å². The van der Waals surface area contributed by atoms with Crippen LogP contribution in [0.25, 0.3) is 0 Å². The van der Waals surface area contributed by atoms with Crippen LogP contribution >= 0.6 is 16.6 Å².